The van der Waals surface area contributed by atoms with E-state index >= 15 is 0 Å². The zero-order chi connectivity index (χ0) is 13.1. The van der Waals surface area contributed by atoms with Gasteiger partial charge in [-0.2, -0.15) is 18.3 Å². The summed E-state index contributed by atoms with van der Waals surface area (Å²) in [5, 5.41) is 13.8. The summed E-state index contributed by atoms with van der Waals surface area (Å²) in [6.45, 7) is -2.74. The normalized spacial score (nSPS) is 11.2. The van der Waals surface area contributed by atoms with Crippen LogP contribution in [-0.4, -0.2) is 56.3 Å². The molecule has 0 aliphatic rings. The van der Waals surface area contributed by atoms with E-state index in [1.165, 1.54) is 0 Å². The van der Waals surface area contributed by atoms with Crippen molar-refractivity contribution in [2.75, 3.05) is 13.1 Å². The van der Waals surface area contributed by atoms with E-state index in [4.69, 9.17) is 5.11 Å². The van der Waals surface area contributed by atoms with E-state index < -0.39 is 37.0 Å². The van der Waals surface area contributed by atoms with Gasteiger partial charge in [-0.05, 0) is 0 Å². The summed E-state index contributed by atoms with van der Waals surface area (Å²) in [7, 11) is 0. The number of halogens is 3. The number of hydrogen-bond acceptors (Lipinski definition) is 4. The summed E-state index contributed by atoms with van der Waals surface area (Å²) in [6.07, 6.45) is -3.76. The Hall–Kier alpha value is -2.13. The van der Waals surface area contributed by atoms with Crippen LogP contribution in [-0.2, 0) is 4.79 Å². The lowest BCUT2D eigenvalue weighted by Crippen LogP contribution is -2.42. The van der Waals surface area contributed by atoms with Crippen LogP contribution in [0.25, 0.3) is 0 Å². The minimum absolute atomic E-state index is 0.114. The molecule has 0 atom stereocenters. The molecule has 0 radical (unpaired) electrons. The summed E-state index contributed by atoms with van der Waals surface area (Å²) in [4.78, 5) is 25.3. The molecule has 0 unspecified atom stereocenters. The second-order valence-corrected chi connectivity index (χ2v) is 3.00. The van der Waals surface area contributed by atoms with Crippen molar-refractivity contribution in [2.45, 2.75) is 6.18 Å². The fraction of sp³-hybridized carbons (Fsp3) is 0.429. The highest BCUT2D eigenvalue weighted by molar-refractivity contribution is 5.92. The van der Waals surface area contributed by atoms with Crippen molar-refractivity contribution < 1.29 is 27.9 Å². The summed E-state index contributed by atoms with van der Waals surface area (Å²) in [5.74, 6) is -3.18. The monoisotopic (exact) mass is 252 g/mol. The molecule has 1 aromatic rings. The number of carbonyl (C=O) groups excluding carboxylic acids is 1. The number of alkyl halides is 3. The molecule has 0 saturated carbocycles. The quantitative estimate of drug-likeness (QED) is 0.779. The van der Waals surface area contributed by atoms with Crippen LogP contribution in [0.2, 0.25) is 0 Å². The largest absolute Gasteiger partial charge is 0.480 e. The first kappa shape index (κ1) is 12.9. The maximum atomic E-state index is 12.1. The Morgan fingerprint density at radius 1 is 1.47 bits per heavy atom. The van der Waals surface area contributed by atoms with E-state index in [1.807, 2.05) is 0 Å². The number of amides is 1. The summed E-state index contributed by atoms with van der Waals surface area (Å²) < 4.78 is 36.4. The molecule has 10 heteroatoms. The first-order valence-corrected chi connectivity index (χ1v) is 4.23. The lowest BCUT2D eigenvalue weighted by molar-refractivity contribution is -0.149. The summed E-state index contributed by atoms with van der Waals surface area (Å²) in [5.41, 5.74) is 0. The zero-order valence-corrected chi connectivity index (χ0v) is 8.23. The predicted octanol–water partition coefficient (Wildman–Crippen LogP) is -0.106. The zero-order valence-electron chi connectivity index (χ0n) is 8.23. The molecule has 1 amide bonds. The van der Waals surface area contributed by atoms with Crippen molar-refractivity contribution in [3.63, 3.8) is 0 Å². The Morgan fingerprint density at radius 2 is 2.12 bits per heavy atom. The van der Waals surface area contributed by atoms with Crippen molar-refractivity contribution in [3.05, 3.63) is 12.2 Å². The van der Waals surface area contributed by atoms with Gasteiger partial charge in [0, 0.05) is 0 Å². The Balaban J connectivity index is 2.83. The van der Waals surface area contributed by atoms with Crippen LogP contribution < -0.4 is 0 Å². The van der Waals surface area contributed by atoms with E-state index in [1.54, 1.807) is 0 Å². The maximum Gasteiger partial charge on any atom is 0.406 e. The minimum Gasteiger partial charge on any atom is -0.480 e. The number of nitrogens with one attached hydrogen (secondary N) is 1. The Kier molecular flexibility index (Phi) is 3.66. The van der Waals surface area contributed by atoms with Crippen LogP contribution >= 0.6 is 0 Å². The molecule has 0 aliphatic carbocycles. The van der Waals surface area contributed by atoms with Crippen LogP contribution in [0.3, 0.4) is 0 Å². The number of H-pyrrole nitrogens is 1. The van der Waals surface area contributed by atoms with Gasteiger partial charge in [0.2, 0.25) is 5.82 Å². The second kappa shape index (κ2) is 4.80. The van der Waals surface area contributed by atoms with E-state index in [-0.39, 0.29) is 4.90 Å². The predicted molar refractivity (Wildman–Crippen MR) is 46.0 cm³/mol. The topological polar surface area (TPSA) is 99.2 Å². The van der Waals surface area contributed by atoms with Gasteiger partial charge >= 0.3 is 12.1 Å². The standard InChI is InChI=1S/C7H7F3N4O3/c8-7(9,10)2-14(1-4(15)16)6(17)5-11-3-12-13-5/h3H,1-2H2,(H,15,16)(H,11,12,13). The lowest BCUT2D eigenvalue weighted by Gasteiger charge is -2.20. The van der Waals surface area contributed by atoms with Crippen LogP contribution in [0, 0.1) is 0 Å². The van der Waals surface area contributed by atoms with Gasteiger partial charge in [0.25, 0.3) is 5.91 Å². The van der Waals surface area contributed by atoms with Gasteiger partial charge in [-0.1, -0.05) is 0 Å². The Morgan fingerprint density at radius 3 is 2.53 bits per heavy atom. The highest BCUT2D eigenvalue weighted by atomic mass is 19.4. The fourth-order valence-corrected chi connectivity index (χ4v) is 1.04. The number of rotatable bonds is 4. The van der Waals surface area contributed by atoms with Gasteiger partial charge in [-0.3, -0.25) is 14.7 Å². The molecule has 1 aromatic heterocycles. The molecule has 0 bridgehead atoms. The second-order valence-electron chi connectivity index (χ2n) is 3.00. The highest BCUT2D eigenvalue weighted by Crippen LogP contribution is 2.17. The van der Waals surface area contributed by atoms with Gasteiger partial charge in [-0.25, -0.2) is 4.98 Å². The molecule has 2 N–H and O–H groups in total. The van der Waals surface area contributed by atoms with Crippen molar-refractivity contribution in [3.8, 4) is 0 Å². The Labute approximate surface area is 92.2 Å². The van der Waals surface area contributed by atoms with Gasteiger partial charge in [0.05, 0.1) is 0 Å². The molecule has 94 valence electrons. The SMILES string of the molecule is O=C(O)CN(CC(F)(F)F)C(=O)c1ncn[nH]1. The fourth-order valence-electron chi connectivity index (χ4n) is 1.04. The first-order chi connectivity index (χ1) is 7.79. The number of carbonyl (C=O) groups is 2. The molecule has 7 nitrogen and oxygen atoms in total. The smallest absolute Gasteiger partial charge is 0.406 e. The summed E-state index contributed by atoms with van der Waals surface area (Å²) >= 11 is 0. The van der Waals surface area contributed by atoms with Crippen molar-refractivity contribution in [1.82, 2.24) is 20.1 Å². The van der Waals surface area contributed by atoms with E-state index in [0.717, 1.165) is 6.33 Å². The molecular weight excluding hydrogens is 245 g/mol. The van der Waals surface area contributed by atoms with Crippen molar-refractivity contribution in [2.24, 2.45) is 0 Å². The molecule has 1 rings (SSSR count). The summed E-state index contributed by atoms with van der Waals surface area (Å²) in [6, 6.07) is 0. The number of hydrogen-bond donors (Lipinski definition) is 2. The molecule has 1 heterocycles. The van der Waals surface area contributed by atoms with E-state index in [0.29, 0.717) is 0 Å². The average Bonchev–Trinajstić information content (AvgIpc) is 2.65. The number of aliphatic carboxylic acids is 1. The Bertz CT molecular complexity index is 403. The average molecular weight is 252 g/mol. The molecule has 17 heavy (non-hydrogen) atoms. The molecule has 0 fully saturated rings. The van der Waals surface area contributed by atoms with Crippen molar-refractivity contribution >= 4 is 11.9 Å². The molecular formula is C7H7F3N4O3. The van der Waals surface area contributed by atoms with Crippen LogP contribution in [0.1, 0.15) is 10.6 Å². The third-order valence-corrected chi connectivity index (χ3v) is 1.60. The van der Waals surface area contributed by atoms with E-state index in [9.17, 15) is 22.8 Å². The third kappa shape index (κ3) is 4.09. The number of aromatic nitrogens is 3. The maximum absolute atomic E-state index is 12.1. The van der Waals surface area contributed by atoms with Crippen LogP contribution in [0.15, 0.2) is 6.33 Å². The minimum atomic E-state index is -4.69. The first-order valence-electron chi connectivity index (χ1n) is 4.23. The van der Waals surface area contributed by atoms with Gasteiger partial charge in [-0.15, -0.1) is 0 Å². The van der Waals surface area contributed by atoms with Crippen LogP contribution in [0.4, 0.5) is 13.2 Å². The number of nitrogens with zero attached hydrogens (tertiary/aromatic N) is 3. The third-order valence-electron chi connectivity index (χ3n) is 1.60. The van der Waals surface area contributed by atoms with Gasteiger partial charge in [0.1, 0.15) is 19.4 Å². The number of carboxylic acid groups (broad SMARTS) is 1. The van der Waals surface area contributed by atoms with Crippen LogP contribution in [0.5, 0.6) is 0 Å². The van der Waals surface area contributed by atoms with E-state index in [2.05, 4.69) is 15.2 Å². The van der Waals surface area contributed by atoms with Gasteiger partial charge < -0.3 is 10.0 Å². The molecule has 0 saturated heterocycles. The number of aromatic amines is 1. The molecule has 0 aliphatic heterocycles. The van der Waals surface area contributed by atoms with Crippen molar-refractivity contribution in [1.29, 1.82) is 0 Å². The molecule has 0 spiro atoms. The number of carboxylic acids is 1. The highest BCUT2D eigenvalue weighted by Gasteiger charge is 2.35. The molecule has 0 aromatic carbocycles. The van der Waals surface area contributed by atoms with Gasteiger partial charge in [0.15, 0.2) is 0 Å². The lowest BCUT2D eigenvalue weighted by atomic mass is 10.4.